The van der Waals surface area contributed by atoms with Crippen LogP contribution in [0.15, 0.2) is 41.8 Å². The van der Waals surface area contributed by atoms with Gasteiger partial charge in [-0.2, -0.15) is 0 Å². The number of hydrogen-bond acceptors (Lipinski definition) is 4. The maximum absolute atomic E-state index is 11.3. The molecule has 0 unspecified atom stereocenters. The molecule has 0 spiro atoms. The van der Waals surface area contributed by atoms with Crippen LogP contribution in [0.3, 0.4) is 0 Å². The van der Waals surface area contributed by atoms with Gasteiger partial charge >= 0.3 is 0 Å². The Morgan fingerprint density at radius 2 is 1.83 bits per heavy atom. The van der Waals surface area contributed by atoms with Gasteiger partial charge in [0, 0.05) is 6.92 Å². The number of rotatable bonds is 6. The topological polar surface area (TPSA) is 35.5 Å². The van der Waals surface area contributed by atoms with Gasteiger partial charge in [-0.3, -0.25) is 4.79 Å². The molecule has 3 nitrogen and oxygen atoms in total. The molecule has 0 fully saturated rings. The summed E-state index contributed by atoms with van der Waals surface area (Å²) in [5.74, 6) is 1.49. The van der Waals surface area contributed by atoms with Crippen LogP contribution in [0, 0.1) is 0 Å². The fourth-order valence-electron chi connectivity index (χ4n) is 1.50. The molecule has 1 aromatic carbocycles. The Labute approximate surface area is 110 Å². The van der Waals surface area contributed by atoms with Gasteiger partial charge < -0.3 is 9.47 Å². The van der Waals surface area contributed by atoms with E-state index in [1.807, 2.05) is 41.8 Å². The second-order valence-corrected chi connectivity index (χ2v) is 4.60. The maximum Gasteiger partial charge on any atom is 0.173 e. The number of para-hydroxylation sites is 1. The van der Waals surface area contributed by atoms with Crippen molar-refractivity contribution in [2.75, 3.05) is 13.2 Å². The molecule has 0 amide bonds. The summed E-state index contributed by atoms with van der Waals surface area (Å²) < 4.78 is 11.0. The first-order chi connectivity index (χ1) is 8.77. The van der Waals surface area contributed by atoms with Gasteiger partial charge in [-0.1, -0.05) is 18.2 Å². The number of Topliss-reactive ketones (excluding diaryl/α,β-unsaturated/α-hetero) is 1. The molecule has 18 heavy (non-hydrogen) atoms. The Balaban J connectivity index is 1.79. The lowest BCUT2D eigenvalue weighted by Gasteiger charge is -2.07. The van der Waals surface area contributed by atoms with Gasteiger partial charge in [-0.05, 0) is 23.6 Å². The van der Waals surface area contributed by atoms with Crippen LogP contribution in [-0.2, 0) is 0 Å². The quantitative estimate of drug-likeness (QED) is 0.591. The molecular weight excluding hydrogens is 248 g/mol. The van der Waals surface area contributed by atoms with Crippen LogP contribution in [0.1, 0.15) is 16.6 Å². The fraction of sp³-hybridized carbons (Fsp3) is 0.214. The van der Waals surface area contributed by atoms with Gasteiger partial charge in [0.15, 0.2) is 5.78 Å². The first-order valence-electron chi connectivity index (χ1n) is 5.66. The third-order valence-electron chi connectivity index (χ3n) is 2.30. The monoisotopic (exact) mass is 262 g/mol. The van der Waals surface area contributed by atoms with Crippen molar-refractivity contribution in [2.45, 2.75) is 6.92 Å². The second kappa shape index (κ2) is 6.21. The third kappa shape index (κ3) is 3.34. The molecule has 0 N–H and O–H groups in total. The second-order valence-electron chi connectivity index (χ2n) is 3.68. The lowest BCUT2D eigenvalue weighted by atomic mass is 10.3. The lowest BCUT2D eigenvalue weighted by molar-refractivity contribution is 0.101. The van der Waals surface area contributed by atoms with E-state index in [-0.39, 0.29) is 5.78 Å². The van der Waals surface area contributed by atoms with Crippen molar-refractivity contribution in [2.24, 2.45) is 0 Å². The minimum Gasteiger partial charge on any atom is -0.490 e. The summed E-state index contributed by atoms with van der Waals surface area (Å²) in [6, 6.07) is 11.4. The van der Waals surface area contributed by atoms with Crippen LogP contribution < -0.4 is 9.47 Å². The number of thiophene rings is 1. The highest BCUT2D eigenvalue weighted by Gasteiger charge is 2.09. The molecule has 0 bridgehead atoms. The zero-order valence-corrected chi connectivity index (χ0v) is 10.9. The molecule has 0 saturated carbocycles. The van der Waals surface area contributed by atoms with Gasteiger partial charge in [0.2, 0.25) is 0 Å². The van der Waals surface area contributed by atoms with Gasteiger partial charge in [0.1, 0.15) is 29.6 Å². The van der Waals surface area contributed by atoms with Crippen molar-refractivity contribution in [3.8, 4) is 11.5 Å². The van der Waals surface area contributed by atoms with E-state index in [9.17, 15) is 4.79 Å². The molecular formula is C14H14O3S. The van der Waals surface area contributed by atoms with Gasteiger partial charge in [-0.15, -0.1) is 11.3 Å². The normalized spacial score (nSPS) is 10.1. The SMILES string of the molecule is CC(=O)c1sccc1OCCOc1ccccc1. The molecule has 1 heterocycles. The average Bonchev–Trinajstić information content (AvgIpc) is 2.84. The van der Waals surface area contributed by atoms with E-state index < -0.39 is 0 Å². The summed E-state index contributed by atoms with van der Waals surface area (Å²) in [5.41, 5.74) is 0. The van der Waals surface area contributed by atoms with E-state index in [2.05, 4.69) is 0 Å². The Morgan fingerprint density at radius 3 is 2.56 bits per heavy atom. The highest BCUT2D eigenvalue weighted by molar-refractivity contribution is 7.12. The number of ether oxygens (including phenoxy) is 2. The Hall–Kier alpha value is -1.81. The van der Waals surface area contributed by atoms with E-state index >= 15 is 0 Å². The number of hydrogen-bond donors (Lipinski definition) is 0. The molecule has 0 aliphatic carbocycles. The molecule has 2 rings (SSSR count). The molecule has 1 aromatic heterocycles. The molecule has 0 saturated heterocycles. The minimum absolute atomic E-state index is 0.0315. The van der Waals surface area contributed by atoms with Crippen LogP contribution >= 0.6 is 11.3 Å². The standard InChI is InChI=1S/C14H14O3S/c1-11(15)14-13(7-10-18-14)17-9-8-16-12-5-3-2-4-6-12/h2-7,10H,8-9H2,1H3. The van der Waals surface area contributed by atoms with Crippen molar-refractivity contribution >= 4 is 17.1 Å². The van der Waals surface area contributed by atoms with Crippen molar-refractivity contribution in [1.82, 2.24) is 0 Å². The number of benzene rings is 1. The summed E-state index contributed by atoms with van der Waals surface area (Å²) in [4.78, 5) is 11.9. The Morgan fingerprint density at radius 1 is 1.11 bits per heavy atom. The summed E-state index contributed by atoms with van der Waals surface area (Å²) in [6.07, 6.45) is 0. The summed E-state index contributed by atoms with van der Waals surface area (Å²) >= 11 is 1.40. The predicted octanol–water partition coefficient (Wildman–Crippen LogP) is 3.41. The van der Waals surface area contributed by atoms with Crippen LogP contribution in [0.25, 0.3) is 0 Å². The van der Waals surface area contributed by atoms with Crippen LogP contribution in [-0.4, -0.2) is 19.0 Å². The van der Waals surface area contributed by atoms with Crippen LogP contribution in [0.4, 0.5) is 0 Å². The molecule has 2 aromatic rings. The smallest absolute Gasteiger partial charge is 0.173 e. The molecule has 0 radical (unpaired) electrons. The van der Waals surface area contributed by atoms with E-state index in [1.54, 1.807) is 6.92 Å². The average molecular weight is 262 g/mol. The van der Waals surface area contributed by atoms with E-state index in [0.717, 1.165) is 5.75 Å². The van der Waals surface area contributed by atoms with Crippen molar-refractivity contribution in [3.63, 3.8) is 0 Å². The highest BCUT2D eigenvalue weighted by atomic mass is 32.1. The first kappa shape index (κ1) is 12.6. The van der Waals surface area contributed by atoms with Crippen LogP contribution in [0.5, 0.6) is 11.5 Å². The number of carbonyl (C=O) groups is 1. The molecule has 0 atom stereocenters. The lowest BCUT2D eigenvalue weighted by Crippen LogP contribution is -2.09. The predicted molar refractivity (Wildman–Crippen MR) is 71.8 cm³/mol. The van der Waals surface area contributed by atoms with Gasteiger partial charge in [0.05, 0.1) is 0 Å². The van der Waals surface area contributed by atoms with Crippen molar-refractivity contribution in [3.05, 3.63) is 46.7 Å². The zero-order valence-electron chi connectivity index (χ0n) is 10.1. The molecule has 0 aliphatic rings. The van der Waals surface area contributed by atoms with Crippen molar-refractivity contribution < 1.29 is 14.3 Å². The van der Waals surface area contributed by atoms with Gasteiger partial charge in [-0.25, -0.2) is 0 Å². The zero-order chi connectivity index (χ0) is 12.8. The molecule has 4 heteroatoms. The third-order valence-corrected chi connectivity index (χ3v) is 3.30. The maximum atomic E-state index is 11.3. The van der Waals surface area contributed by atoms with Crippen LogP contribution in [0.2, 0.25) is 0 Å². The first-order valence-corrected chi connectivity index (χ1v) is 6.54. The summed E-state index contributed by atoms with van der Waals surface area (Å²) in [6.45, 7) is 2.42. The summed E-state index contributed by atoms with van der Waals surface area (Å²) in [5, 5.41) is 1.85. The Bertz CT molecular complexity index is 505. The van der Waals surface area contributed by atoms with E-state index in [4.69, 9.17) is 9.47 Å². The summed E-state index contributed by atoms with van der Waals surface area (Å²) in [7, 11) is 0. The largest absolute Gasteiger partial charge is 0.490 e. The molecule has 94 valence electrons. The minimum atomic E-state index is 0.0315. The highest BCUT2D eigenvalue weighted by Crippen LogP contribution is 2.25. The fourth-order valence-corrected chi connectivity index (χ4v) is 2.23. The number of carbonyl (C=O) groups excluding carboxylic acids is 1. The van der Waals surface area contributed by atoms with E-state index in [0.29, 0.717) is 23.8 Å². The number of ketones is 1. The van der Waals surface area contributed by atoms with E-state index in [1.165, 1.54) is 11.3 Å². The van der Waals surface area contributed by atoms with Gasteiger partial charge in [0.25, 0.3) is 0 Å². The Kier molecular flexibility index (Phi) is 4.36. The molecule has 0 aliphatic heterocycles. The van der Waals surface area contributed by atoms with Crippen molar-refractivity contribution in [1.29, 1.82) is 0 Å².